The van der Waals surface area contributed by atoms with Gasteiger partial charge in [0.25, 0.3) is 0 Å². The summed E-state index contributed by atoms with van der Waals surface area (Å²) < 4.78 is 1.03. The fraction of sp³-hybridized carbons (Fsp3) is 0.600. The average Bonchev–Trinajstić information content (AvgIpc) is 2.27. The van der Waals surface area contributed by atoms with Crippen molar-refractivity contribution in [2.45, 2.75) is 19.9 Å². The van der Waals surface area contributed by atoms with Crippen molar-refractivity contribution in [3.63, 3.8) is 0 Å². The van der Waals surface area contributed by atoms with Crippen LogP contribution in [0.4, 0.5) is 0 Å². The highest BCUT2D eigenvalue weighted by Crippen LogP contribution is 2.07. The minimum Gasteiger partial charge on any atom is -0.330 e. The van der Waals surface area contributed by atoms with Gasteiger partial charge in [-0.25, -0.2) is 0 Å². The molecule has 0 radical (unpaired) electrons. The molecule has 0 amide bonds. The normalized spacial score (nSPS) is 12.1. The third-order valence-corrected chi connectivity index (χ3v) is 3.04. The summed E-state index contributed by atoms with van der Waals surface area (Å²) in [4.78, 5) is 2.39. The topological polar surface area (TPSA) is 3.24 Å². The van der Waals surface area contributed by atoms with Gasteiger partial charge in [0.15, 0.2) is 0 Å². The van der Waals surface area contributed by atoms with Crippen LogP contribution in [0.5, 0.6) is 0 Å². The van der Waals surface area contributed by atoms with Gasteiger partial charge >= 0.3 is 0 Å². The van der Waals surface area contributed by atoms with Gasteiger partial charge in [0.05, 0.1) is 27.7 Å². The summed E-state index contributed by atoms with van der Waals surface area (Å²) in [6, 6.07) is 8.98. The zero-order valence-corrected chi connectivity index (χ0v) is 12.0. The lowest BCUT2D eigenvalue weighted by atomic mass is 10.1. The number of hydrogen-bond donors (Lipinski definition) is 0. The van der Waals surface area contributed by atoms with Crippen molar-refractivity contribution < 1.29 is 4.48 Å². The molecule has 1 rings (SSSR count). The molecule has 2 heteroatoms. The largest absolute Gasteiger partial charge is 0.330 e. The smallest absolute Gasteiger partial charge is 0.0909 e. The van der Waals surface area contributed by atoms with E-state index in [0.717, 1.165) is 24.0 Å². The molecule has 17 heavy (non-hydrogen) atoms. The lowest BCUT2D eigenvalue weighted by Crippen LogP contribution is -2.40. The molecular formula is C15H27N2+. The fourth-order valence-corrected chi connectivity index (χ4v) is 1.74. The quantitative estimate of drug-likeness (QED) is 0.684. The van der Waals surface area contributed by atoms with Crippen molar-refractivity contribution in [1.29, 1.82) is 0 Å². The van der Waals surface area contributed by atoms with Crippen LogP contribution in [-0.2, 0) is 13.0 Å². The molecule has 0 saturated heterocycles. The van der Waals surface area contributed by atoms with E-state index in [1.807, 2.05) is 0 Å². The SMILES string of the molecule is CCc1ccc(CN(C)CC[N+](C)(C)C)cc1. The van der Waals surface area contributed by atoms with Gasteiger partial charge in [-0.1, -0.05) is 31.2 Å². The van der Waals surface area contributed by atoms with Crippen LogP contribution in [0.15, 0.2) is 24.3 Å². The van der Waals surface area contributed by atoms with Crippen molar-refractivity contribution >= 4 is 0 Å². The van der Waals surface area contributed by atoms with E-state index in [2.05, 4.69) is 64.3 Å². The predicted octanol–water partition coefficient (Wildman–Crippen LogP) is 2.39. The third-order valence-electron chi connectivity index (χ3n) is 3.04. The van der Waals surface area contributed by atoms with E-state index in [1.54, 1.807) is 0 Å². The van der Waals surface area contributed by atoms with Crippen LogP contribution in [0.2, 0.25) is 0 Å². The molecule has 0 aliphatic carbocycles. The van der Waals surface area contributed by atoms with Crippen molar-refractivity contribution in [3.05, 3.63) is 35.4 Å². The highest BCUT2D eigenvalue weighted by atomic mass is 15.3. The second-order valence-corrected chi connectivity index (χ2v) is 5.92. The first-order valence-corrected chi connectivity index (χ1v) is 6.47. The molecule has 0 fully saturated rings. The van der Waals surface area contributed by atoms with E-state index in [0.29, 0.717) is 0 Å². The highest BCUT2D eigenvalue weighted by molar-refractivity contribution is 5.22. The highest BCUT2D eigenvalue weighted by Gasteiger charge is 2.08. The summed E-state index contributed by atoms with van der Waals surface area (Å²) in [6.07, 6.45) is 1.12. The predicted molar refractivity (Wildman–Crippen MR) is 75.1 cm³/mol. The van der Waals surface area contributed by atoms with Crippen molar-refractivity contribution in [1.82, 2.24) is 4.90 Å². The Balaban J connectivity index is 2.42. The van der Waals surface area contributed by atoms with Crippen LogP contribution in [0, 0.1) is 0 Å². The van der Waals surface area contributed by atoms with Gasteiger partial charge in [-0.3, -0.25) is 4.90 Å². The van der Waals surface area contributed by atoms with Gasteiger partial charge in [-0.2, -0.15) is 0 Å². The molecule has 96 valence electrons. The monoisotopic (exact) mass is 235 g/mol. The Morgan fingerprint density at radius 3 is 2.00 bits per heavy atom. The van der Waals surface area contributed by atoms with E-state index in [1.165, 1.54) is 17.7 Å². The minimum atomic E-state index is 1.03. The van der Waals surface area contributed by atoms with Crippen LogP contribution >= 0.6 is 0 Å². The number of benzene rings is 1. The van der Waals surface area contributed by atoms with Gasteiger partial charge in [0, 0.05) is 13.1 Å². The maximum Gasteiger partial charge on any atom is 0.0909 e. The maximum absolute atomic E-state index is 2.39. The van der Waals surface area contributed by atoms with E-state index in [4.69, 9.17) is 0 Å². The molecule has 0 N–H and O–H groups in total. The van der Waals surface area contributed by atoms with Gasteiger partial charge in [0.1, 0.15) is 0 Å². The Bertz CT molecular complexity index is 322. The first-order valence-electron chi connectivity index (χ1n) is 6.47. The summed E-state index contributed by atoms with van der Waals surface area (Å²) in [7, 11) is 8.92. The van der Waals surface area contributed by atoms with Crippen LogP contribution < -0.4 is 0 Å². The minimum absolute atomic E-state index is 1.03. The van der Waals surface area contributed by atoms with E-state index < -0.39 is 0 Å². The van der Waals surface area contributed by atoms with Crippen molar-refractivity contribution in [2.75, 3.05) is 41.3 Å². The maximum atomic E-state index is 2.39. The second kappa shape index (κ2) is 6.18. The Kier molecular flexibility index (Phi) is 5.16. The number of aryl methyl sites for hydroxylation is 1. The molecule has 0 unspecified atom stereocenters. The Labute approximate surface area is 106 Å². The second-order valence-electron chi connectivity index (χ2n) is 5.92. The summed E-state index contributed by atoms with van der Waals surface area (Å²) >= 11 is 0. The zero-order chi connectivity index (χ0) is 12.9. The molecular weight excluding hydrogens is 208 g/mol. The number of hydrogen-bond acceptors (Lipinski definition) is 1. The fourth-order valence-electron chi connectivity index (χ4n) is 1.74. The van der Waals surface area contributed by atoms with E-state index in [9.17, 15) is 0 Å². The van der Waals surface area contributed by atoms with Crippen molar-refractivity contribution in [3.8, 4) is 0 Å². The van der Waals surface area contributed by atoms with Crippen LogP contribution in [0.3, 0.4) is 0 Å². The molecule has 0 aromatic heterocycles. The van der Waals surface area contributed by atoms with Crippen LogP contribution in [0.1, 0.15) is 18.1 Å². The Hall–Kier alpha value is -0.860. The molecule has 1 aromatic carbocycles. The molecule has 0 heterocycles. The first-order chi connectivity index (χ1) is 7.90. The van der Waals surface area contributed by atoms with E-state index in [-0.39, 0.29) is 0 Å². The van der Waals surface area contributed by atoms with Crippen LogP contribution in [-0.4, -0.2) is 50.7 Å². The lowest BCUT2D eigenvalue weighted by molar-refractivity contribution is -0.869. The number of nitrogens with zero attached hydrogens (tertiary/aromatic N) is 2. The summed E-state index contributed by atoms with van der Waals surface area (Å²) in [5, 5.41) is 0. The third kappa shape index (κ3) is 5.85. The molecule has 0 bridgehead atoms. The molecule has 0 aliphatic heterocycles. The Morgan fingerprint density at radius 1 is 1.00 bits per heavy atom. The van der Waals surface area contributed by atoms with Crippen molar-refractivity contribution in [2.24, 2.45) is 0 Å². The molecule has 0 saturated carbocycles. The number of likely N-dealkylation sites (N-methyl/N-ethyl adjacent to an activating group) is 2. The zero-order valence-electron chi connectivity index (χ0n) is 12.0. The summed E-state index contributed by atoms with van der Waals surface area (Å²) in [6.45, 7) is 5.56. The standard InChI is InChI=1S/C15H27N2/c1-6-14-7-9-15(10-8-14)13-16(2)11-12-17(3,4)5/h7-10H,6,11-13H2,1-5H3/q+1. The van der Waals surface area contributed by atoms with Crippen LogP contribution in [0.25, 0.3) is 0 Å². The number of rotatable bonds is 6. The Morgan fingerprint density at radius 2 is 1.53 bits per heavy atom. The average molecular weight is 235 g/mol. The van der Waals surface area contributed by atoms with Gasteiger partial charge in [-0.15, -0.1) is 0 Å². The summed E-state index contributed by atoms with van der Waals surface area (Å²) in [5.41, 5.74) is 2.83. The first kappa shape index (κ1) is 14.2. The molecule has 0 atom stereocenters. The lowest BCUT2D eigenvalue weighted by Gasteiger charge is -2.27. The molecule has 0 spiro atoms. The van der Waals surface area contributed by atoms with Gasteiger partial charge in [-0.05, 0) is 24.6 Å². The molecule has 0 aliphatic rings. The summed E-state index contributed by atoms with van der Waals surface area (Å²) in [5.74, 6) is 0. The molecule has 1 aromatic rings. The number of quaternary nitrogens is 1. The van der Waals surface area contributed by atoms with Gasteiger partial charge < -0.3 is 4.48 Å². The van der Waals surface area contributed by atoms with E-state index >= 15 is 0 Å². The van der Waals surface area contributed by atoms with Gasteiger partial charge in [0.2, 0.25) is 0 Å². The molecule has 2 nitrogen and oxygen atoms in total.